The van der Waals surface area contributed by atoms with E-state index < -0.39 is 47.6 Å². The van der Waals surface area contributed by atoms with E-state index in [4.69, 9.17) is 4.74 Å². The highest BCUT2D eigenvalue weighted by Gasteiger charge is 2.42. The molecule has 0 saturated carbocycles. The number of halogens is 6. The number of pyridine rings is 1. The first-order valence-corrected chi connectivity index (χ1v) is 8.35. The number of ether oxygens (including phenoxy) is 1. The fourth-order valence-electron chi connectivity index (χ4n) is 3.25. The van der Waals surface area contributed by atoms with Crippen molar-refractivity contribution in [2.24, 2.45) is 0 Å². The van der Waals surface area contributed by atoms with Crippen LogP contribution in [0, 0.1) is 0 Å². The molecule has 1 aliphatic rings. The molecule has 0 aliphatic carbocycles. The summed E-state index contributed by atoms with van der Waals surface area (Å²) in [7, 11) is 0. The summed E-state index contributed by atoms with van der Waals surface area (Å²) in [6, 6.07) is 2.27. The minimum Gasteiger partial charge on any atom is -0.489 e. The van der Waals surface area contributed by atoms with Gasteiger partial charge < -0.3 is 19.7 Å². The third-order valence-corrected chi connectivity index (χ3v) is 4.63. The van der Waals surface area contributed by atoms with Crippen LogP contribution in [0.15, 0.2) is 23.0 Å². The molecule has 11 heteroatoms. The Balaban J connectivity index is 2.21. The second-order valence-electron chi connectivity index (χ2n) is 6.46. The van der Waals surface area contributed by atoms with Gasteiger partial charge in [-0.2, -0.15) is 26.3 Å². The van der Waals surface area contributed by atoms with Crippen LogP contribution >= 0.6 is 0 Å². The van der Waals surface area contributed by atoms with Crippen LogP contribution in [0.4, 0.5) is 32.0 Å². The lowest BCUT2D eigenvalue weighted by Crippen LogP contribution is -2.49. The molecular formula is C17H16F6N2O3. The molecule has 0 spiro atoms. The quantitative estimate of drug-likeness (QED) is 0.761. The number of hydrogen-bond donors (Lipinski definition) is 2. The standard InChI is InChI=1S/C17H16F6N2O3/c1-2-8-7-28-15-11(25(8)6-12(26)17(21,22)23)4-3-10-14(15)9(16(18,19)20)5-13(27)24-10/h3-5,8,12,26H,2,6-7H2,1H3,(H,24,27)/t8-,12?/m1/s1. The van der Waals surface area contributed by atoms with Gasteiger partial charge in [-0.1, -0.05) is 6.92 Å². The molecule has 154 valence electrons. The molecule has 1 aliphatic heterocycles. The number of β-amino-alcohol motifs (C(OH)–C–C–N with tert-alkyl or cyclic N) is 1. The Labute approximate surface area is 154 Å². The van der Waals surface area contributed by atoms with Crippen LogP contribution in [-0.4, -0.2) is 41.6 Å². The van der Waals surface area contributed by atoms with Gasteiger partial charge in [0.05, 0.1) is 34.7 Å². The number of aromatic nitrogens is 1. The molecular weight excluding hydrogens is 394 g/mol. The van der Waals surface area contributed by atoms with Crippen molar-refractivity contribution in [3.05, 3.63) is 34.1 Å². The molecule has 2 heterocycles. The fourth-order valence-corrected chi connectivity index (χ4v) is 3.25. The lowest BCUT2D eigenvalue weighted by atomic mass is 10.0. The highest BCUT2D eigenvalue weighted by Crippen LogP contribution is 2.45. The van der Waals surface area contributed by atoms with Crippen molar-refractivity contribution in [2.75, 3.05) is 18.1 Å². The number of alkyl halides is 6. The number of benzene rings is 1. The fraction of sp³-hybridized carbons (Fsp3) is 0.471. The van der Waals surface area contributed by atoms with Crippen molar-refractivity contribution in [3.63, 3.8) is 0 Å². The van der Waals surface area contributed by atoms with Gasteiger partial charge in [-0.3, -0.25) is 4.79 Å². The first-order chi connectivity index (χ1) is 12.9. The Morgan fingerprint density at radius 2 is 1.96 bits per heavy atom. The Kier molecular flexibility index (Phi) is 4.98. The summed E-state index contributed by atoms with van der Waals surface area (Å²) in [6.07, 6.45) is -12.1. The van der Waals surface area contributed by atoms with Gasteiger partial charge in [0.25, 0.3) is 0 Å². The Bertz CT molecular complexity index is 937. The number of hydrogen-bond acceptors (Lipinski definition) is 4. The molecule has 1 unspecified atom stereocenters. The Morgan fingerprint density at radius 1 is 1.29 bits per heavy atom. The summed E-state index contributed by atoms with van der Waals surface area (Å²) in [5, 5.41) is 9.04. The number of aromatic amines is 1. The topological polar surface area (TPSA) is 65.6 Å². The highest BCUT2D eigenvalue weighted by atomic mass is 19.4. The minimum atomic E-state index is -4.88. The predicted molar refractivity (Wildman–Crippen MR) is 88.6 cm³/mol. The third-order valence-electron chi connectivity index (χ3n) is 4.63. The summed E-state index contributed by atoms with van der Waals surface area (Å²) in [4.78, 5) is 15.0. The largest absolute Gasteiger partial charge is 0.489 e. The number of rotatable bonds is 3. The number of H-pyrrole nitrogens is 1. The first-order valence-electron chi connectivity index (χ1n) is 8.35. The maximum absolute atomic E-state index is 13.5. The van der Waals surface area contributed by atoms with Gasteiger partial charge in [0, 0.05) is 6.07 Å². The molecule has 0 fully saturated rings. The number of nitrogens with zero attached hydrogens (tertiary/aromatic N) is 1. The number of aliphatic hydroxyl groups is 1. The molecule has 0 amide bonds. The van der Waals surface area contributed by atoms with Crippen molar-refractivity contribution in [2.45, 2.75) is 37.8 Å². The molecule has 1 aromatic heterocycles. The summed E-state index contributed by atoms with van der Waals surface area (Å²) >= 11 is 0. The van der Waals surface area contributed by atoms with Crippen LogP contribution < -0.4 is 15.2 Å². The van der Waals surface area contributed by atoms with Crippen LogP contribution in [-0.2, 0) is 6.18 Å². The van der Waals surface area contributed by atoms with Crippen molar-refractivity contribution in [1.82, 2.24) is 4.98 Å². The zero-order chi connectivity index (χ0) is 20.9. The molecule has 2 atom stereocenters. The maximum Gasteiger partial charge on any atom is 0.417 e. The number of fused-ring (bicyclic) bond motifs is 3. The van der Waals surface area contributed by atoms with Gasteiger partial charge in [0.2, 0.25) is 5.56 Å². The summed E-state index contributed by atoms with van der Waals surface area (Å²) < 4.78 is 84.4. The summed E-state index contributed by atoms with van der Waals surface area (Å²) in [5.74, 6) is -0.278. The van der Waals surface area contributed by atoms with E-state index in [1.165, 1.54) is 17.0 Å². The van der Waals surface area contributed by atoms with E-state index in [-0.39, 0.29) is 23.6 Å². The Hall–Kier alpha value is -2.43. The highest BCUT2D eigenvalue weighted by molar-refractivity contribution is 5.94. The average Bonchev–Trinajstić information content (AvgIpc) is 2.58. The molecule has 1 aromatic carbocycles. The molecule has 5 nitrogen and oxygen atoms in total. The predicted octanol–water partition coefficient (Wildman–Crippen LogP) is 3.45. The van der Waals surface area contributed by atoms with E-state index >= 15 is 0 Å². The van der Waals surface area contributed by atoms with E-state index in [1.54, 1.807) is 6.92 Å². The van der Waals surface area contributed by atoms with Crippen LogP contribution in [0.2, 0.25) is 0 Å². The van der Waals surface area contributed by atoms with Crippen LogP contribution in [0.3, 0.4) is 0 Å². The van der Waals surface area contributed by atoms with Crippen LogP contribution in [0.25, 0.3) is 10.9 Å². The van der Waals surface area contributed by atoms with E-state index in [2.05, 4.69) is 4.98 Å². The zero-order valence-electron chi connectivity index (χ0n) is 14.5. The third kappa shape index (κ3) is 3.62. The van der Waals surface area contributed by atoms with Gasteiger partial charge in [-0.05, 0) is 18.6 Å². The van der Waals surface area contributed by atoms with Gasteiger partial charge in [0.1, 0.15) is 6.61 Å². The van der Waals surface area contributed by atoms with Crippen LogP contribution in [0.1, 0.15) is 18.9 Å². The normalized spacial score (nSPS) is 18.7. The molecule has 2 aromatic rings. The van der Waals surface area contributed by atoms with Crippen molar-refractivity contribution < 1.29 is 36.2 Å². The maximum atomic E-state index is 13.5. The van der Waals surface area contributed by atoms with Crippen molar-refractivity contribution >= 4 is 16.6 Å². The lowest BCUT2D eigenvalue weighted by molar-refractivity contribution is -0.200. The van der Waals surface area contributed by atoms with E-state index in [0.717, 1.165) is 0 Å². The molecule has 0 bridgehead atoms. The van der Waals surface area contributed by atoms with Crippen molar-refractivity contribution in [1.29, 1.82) is 0 Å². The van der Waals surface area contributed by atoms with Gasteiger partial charge in [-0.25, -0.2) is 0 Å². The molecule has 3 rings (SSSR count). The molecule has 0 radical (unpaired) electrons. The molecule has 2 N–H and O–H groups in total. The first kappa shape index (κ1) is 20.3. The summed E-state index contributed by atoms with van der Waals surface area (Å²) in [5.41, 5.74) is -2.36. The van der Waals surface area contributed by atoms with Gasteiger partial charge >= 0.3 is 12.4 Å². The number of aliphatic hydroxyl groups excluding tert-OH is 1. The number of nitrogens with one attached hydrogen (secondary N) is 1. The molecule has 0 saturated heterocycles. The monoisotopic (exact) mass is 410 g/mol. The average molecular weight is 410 g/mol. The zero-order valence-corrected chi connectivity index (χ0v) is 14.5. The second-order valence-corrected chi connectivity index (χ2v) is 6.46. The van der Waals surface area contributed by atoms with Crippen LogP contribution in [0.5, 0.6) is 5.75 Å². The Morgan fingerprint density at radius 3 is 2.54 bits per heavy atom. The smallest absolute Gasteiger partial charge is 0.417 e. The SMILES string of the molecule is CC[C@@H]1COc2c(ccc3[nH]c(=O)cc(C(F)(F)F)c23)N1CC(O)C(F)(F)F. The van der Waals surface area contributed by atoms with Gasteiger partial charge in [-0.15, -0.1) is 0 Å². The van der Waals surface area contributed by atoms with E-state index in [9.17, 15) is 36.2 Å². The number of anilines is 1. The van der Waals surface area contributed by atoms with Crippen molar-refractivity contribution in [3.8, 4) is 5.75 Å². The molecule has 28 heavy (non-hydrogen) atoms. The van der Waals surface area contributed by atoms with E-state index in [1.807, 2.05) is 0 Å². The van der Waals surface area contributed by atoms with Gasteiger partial charge in [0.15, 0.2) is 11.9 Å². The van der Waals surface area contributed by atoms with E-state index in [0.29, 0.717) is 12.5 Å². The lowest BCUT2D eigenvalue weighted by Gasteiger charge is -2.40. The second kappa shape index (κ2) is 6.87. The minimum absolute atomic E-state index is 0.00792. The summed E-state index contributed by atoms with van der Waals surface area (Å²) in [6.45, 7) is 0.670.